The van der Waals surface area contributed by atoms with Gasteiger partial charge in [0.2, 0.25) is 5.78 Å². The molecule has 0 radical (unpaired) electrons. The predicted octanol–water partition coefficient (Wildman–Crippen LogP) is 1.19. The highest BCUT2D eigenvalue weighted by molar-refractivity contribution is 7.90. The first kappa shape index (κ1) is 16.1. The maximum Gasteiger partial charge on any atom is 0.204 e. The standard InChI is InChI=1S/C15H17N3O3S2/c1-23(20,21)12-4-2-3-11(9-12)14(19)13-10-17-15(22-13)18-7-5-16-6-8-18/h2-4,9-10,16H,5-8H2,1H3. The summed E-state index contributed by atoms with van der Waals surface area (Å²) in [6.45, 7) is 3.54. The van der Waals surface area contributed by atoms with Gasteiger partial charge in [-0.25, -0.2) is 13.4 Å². The first-order valence-electron chi connectivity index (χ1n) is 7.21. The summed E-state index contributed by atoms with van der Waals surface area (Å²) >= 11 is 1.34. The monoisotopic (exact) mass is 351 g/mol. The molecule has 0 saturated carbocycles. The fraction of sp³-hybridized carbons (Fsp3) is 0.333. The van der Waals surface area contributed by atoms with E-state index in [0.29, 0.717) is 10.4 Å². The van der Waals surface area contributed by atoms with E-state index in [4.69, 9.17) is 0 Å². The largest absolute Gasteiger partial charge is 0.346 e. The van der Waals surface area contributed by atoms with Gasteiger partial charge in [0.1, 0.15) is 0 Å². The Morgan fingerprint density at radius 2 is 2.04 bits per heavy atom. The van der Waals surface area contributed by atoms with Crippen LogP contribution in [0.2, 0.25) is 0 Å². The van der Waals surface area contributed by atoms with Crippen molar-refractivity contribution in [2.45, 2.75) is 4.90 Å². The number of piperazine rings is 1. The first-order chi connectivity index (χ1) is 10.9. The van der Waals surface area contributed by atoms with Gasteiger partial charge < -0.3 is 10.2 Å². The molecule has 122 valence electrons. The Balaban J connectivity index is 1.85. The molecule has 2 heterocycles. The highest BCUT2D eigenvalue weighted by atomic mass is 32.2. The highest BCUT2D eigenvalue weighted by Crippen LogP contribution is 2.25. The zero-order chi connectivity index (χ0) is 16.4. The predicted molar refractivity (Wildman–Crippen MR) is 90.2 cm³/mol. The second kappa shape index (κ2) is 6.38. The van der Waals surface area contributed by atoms with Crippen LogP contribution in [-0.4, -0.2) is 51.6 Å². The Bertz CT molecular complexity index is 824. The summed E-state index contributed by atoms with van der Waals surface area (Å²) in [6, 6.07) is 6.12. The normalized spacial score (nSPS) is 15.6. The zero-order valence-electron chi connectivity index (χ0n) is 12.7. The molecule has 1 aliphatic heterocycles. The third-order valence-electron chi connectivity index (χ3n) is 3.63. The summed E-state index contributed by atoms with van der Waals surface area (Å²) in [5.41, 5.74) is 0.364. The molecule has 8 heteroatoms. The molecule has 1 fully saturated rings. The molecule has 0 atom stereocenters. The summed E-state index contributed by atoms with van der Waals surface area (Å²) in [6.07, 6.45) is 2.70. The fourth-order valence-corrected chi connectivity index (χ4v) is 3.98. The number of aromatic nitrogens is 1. The van der Waals surface area contributed by atoms with Crippen molar-refractivity contribution in [1.82, 2.24) is 10.3 Å². The Kier molecular flexibility index (Phi) is 4.47. The number of ketones is 1. The van der Waals surface area contributed by atoms with E-state index >= 15 is 0 Å². The molecule has 1 aliphatic rings. The summed E-state index contributed by atoms with van der Waals surface area (Å²) in [5, 5.41) is 4.10. The molecule has 0 aliphatic carbocycles. The lowest BCUT2D eigenvalue weighted by atomic mass is 10.1. The van der Waals surface area contributed by atoms with Gasteiger partial charge in [0.25, 0.3) is 0 Å². The van der Waals surface area contributed by atoms with Crippen molar-refractivity contribution in [2.75, 3.05) is 37.3 Å². The molecular formula is C15H17N3O3S2. The van der Waals surface area contributed by atoms with E-state index in [-0.39, 0.29) is 10.7 Å². The van der Waals surface area contributed by atoms with Crippen molar-refractivity contribution in [3.05, 3.63) is 40.9 Å². The molecule has 0 unspecified atom stereocenters. The Morgan fingerprint density at radius 3 is 2.74 bits per heavy atom. The number of hydrogen-bond donors (Lipinski definition) is 1. The minimum absolute atomic E-state index is 0.148. The van der Waals surface area contributed by atoms with Crippen LogP contribution < -0.4 is 10.2 Å². The summed E-state index contributed by atoms with van der Waals surface area (Å²) in [4.78, 5) is 19.7. The molecule has 1 saturated heterocycles. The Labute approximate surface area is 139 Å². The molecule has 0 bridgehead atoms. The van der Waals surface area contributed by atoms with E-state index in [0.717, 1.165) is 37.6 Å². The third-order valence-corrected chi connectivity index (χ3v) is 5.80. The van der Waals surface area contributed by atoms with Crippen molar-refractivity contribution < 1.29 is 13.2 Å². The molecule has 0 spiro atoms. The van der Waals surface area contributed by atoms with Crippen LogP contribution in [0.1, 0.15) is 15.2 Å². The Morgan fingerprint density at radius 1 is 1.30 bits per heavy atom. The maximum absolute atomic E-state index is 12.6. The Hall–Kier alpha value is -1.77. The number of hydrogen-bond acceptors (Lipinski definition) is 7. The van der Waals surface area contributed by atoms with Gasteiger partial charge in [-0.1, -0.05) is 23.5 Å². The van der Waals surface area contributed by atoms with Crippen molar-refractivity contribution in [3.8, 4) is 0 Å². The molecule has 23 heavy (non-hydrogen) atoms. The number of sulfone groups is 1. The average molecular weight is 351 g/mol. The van der Waals surface area contributed by atoms with E-state index in [2.05, 4.69) is 15.2 Å². The van der Waals surface area contributed by atoms with Crippen LogP contribution >= 0.6 is 11.3 Å². The summed E-state index contributed by atoms with van der Waals surface area (Å²) < 4.78 is 23.2. The fourth-order valence-electron chi connectivity index (χ4n) is 2.38. The van der Waals surface area contributed by atoms with E-state index in [9.17, 15) is 13.2 Å². The molecule has 3 rings (SSSR count). The zero-order valence-corrected chi connectivity index (χ0v) is 14.3. The lowest BCUT2D eigenvalue weighted by Crippen LogP contribution is -2.43. The van der Waals surface area contributed by atoms with Gasteiger partial charge >= 0.3 is 0 Å². The van der Waals surface area contributed by atoms with Crippen molar-refractivity contribution >= 4 is 32.1 Å². The van der Waals surface area contributed by atoms with Crippen LogP contribution in [0.15, 0.2) is 35.4 Å². The molecule has 0 amide bonds. The minimum atomic E-state index is -3.33. The number of benzene rings is 1. The lowest BCUT2D eigenvalue weighted by Gasteiger charge is -2.26. The minimum Gasteiger partial charge on any atom is -0.346 e. The molecule has 1 aromatic carbocycles. The van der Waals surface area contributed by atoms with Crippen LogP contribution in [0.3, 0.4) is 0 Å². The topological polar surface area (TPSA) is 79.4 Å². The summed E-state index contributed by atoms with van der Waals surface area (Å²) in [5.74, 6) is -0.200. The van der Waals surface area contributed by atoms with Crippen LogP contribution in [0.4, 0.5) is 5.13 Å². The van der Waals surface area contributed by atoms with E-state index in [1.165, 1.54) is 23.5 Å². The van der Waals surface area contributed by atoms with Gasteiger partial charge in [0.05, 0.1) is 16.0 Å². The highest BCUT2D eigenvalue weighted by Gasteiger charge is 2.19. The quantitative estimate of drug-likeness (QED) is 0.834. The molecular weight excluding hydrogens is 334 g/mol. The number of carbonyl (C=O) groups is 1. The smallest absolute Gasteiger partial charge is 0.204 e. The average Bonchev–Trinajstić information content (AvgIpc) is 3.04. The van der Waals surface area contributed by atoms with Gasteiger partial charge in [0, 0.05) is 38.0 Å². The third kappa shape index (κ3) is 3.60. The van der Waals surface area contributed by atoms with Crippen LogP contribution in [-0.2, 0) is 9.84 Å². The number of rotatable bonds is 4. The van der Waals surface area contributed by atoms with Gasteiger partial charge in [-0.05, 0) is 12.1 Å². The molecule has 1 N–H and O–H groups in total. The van der Waals surface area contributed by atoms with E-state index < -0.39 is 9.84 Å². The number of anilines is 1. The van der Waals surface area contributed by atoms with Gasteiger partial charge in [0.15, 0.2) is 15.0 Å². The van der Waals surface area contributed by atoms with Crippen LogP contribution in [0.5, 0.6) is 0 Å². The molecule has 2 aromatic rings. The molecule has 6 nitrogen and oxygen atoms in total. The second-order valence-electron chi connectivity index (χ2n) is 5.37. The lowest BCUT2D eigenvalue weighted by molar-refractivity contribution is 0.104. The molecule has 1 aromatic heterocycles. The number of nitrogens with zero attached hydrogens (tertiary/aromatic N) is 2. The van der Waals surface area contributed by atoms with E-state index in [1.807, 2.05) is 0 Å². The van der Waals surface area contributed by atoms with Crippen LogP contribution in [0.25, 0.3) is 0 Å². The number of thiazole rings is 1. The first-order valence-corrected chi connectivity index (χ1v) is 9.92. The SMILES string of the molecule is CS(=O)(=O)c1cccc(C(=O)c2cnc(N3CCNCC3)s2)c1. The van der Waals surface area contributed by atoms with Gasteiger partial charge in [-0.15, -0.1) is 0 Å². The van der Waals surface area contributed by atoms with Gasteiger partial charge in [-0.3, -0.25) is 4.79 Å². The number of nitrogens with one attached hydrogen (secondary N) is 1. The van der Waals surface area contributed by atoms with Crippen molar-refractivity contribution in [3.63, 3.8) is 0 Å². The maximum atomic E-state index is 12.6. The number of carbonyl (C=O) groups excluding carboxylic acids is 1. The van der Waals surface area contributed by atoms with Crippen molar-refractivity contribution in [1.29, 1.82) is 0 Å². The van der Waals surface area contributed by atoms with Crippen molar-refractivity contribution in [2.24, 2.45) is 0 Å². The summed E-state index contributed by atoms with van der Waals surface area (Å²) in [7, 11) is -3.33. The second-order valence-corrected chi connectivity index (χ2v) is 8.40. The van der Waals surface area contributed by atoms with E-state index in [1.54, 1.807) is 18.3 Å². The van der Waals surface area contributed by atoms with Gasteiger partial charge in [-0.2, -0.15) is 0 Å². The van der Waals surface area contributed by atoms with Crippen LogP contribution in [0, 0.1) is 0 Å².